The molecule has 0 fully saturated rings. The molecule has 3 rings (SSSR count). The smallest absolute Gasteiger partial charge is 0.138 e. The Balaban J connectivity index is 1.46. The molecule has 0 saturated heterocycles. The SMILES string of the molecule is Clc1cc(CNCCc2ccccc2)ccc1OCc1ccccc1. The molecule has 0 radical (unpaired) electrons. The molecule has 3 heteroatoms. The van der Waals surface area contributed by atoms with Gasteiger partial charge >= 0.3 is 0 Å². The van der Waals surface area contributed by atoms with Crippen molar-refractivity contribution >= 4 is 11.6 Å². The molecule has 1 N–H and O–H groups in total. The molecule has 0 unspecified atom stereocenters. The average molecular weight is 352 g/mol. The largest absolute Gasteiger partial charge is 0.487 e. The zero-order valence-electron chi connectivity index (χ0n) is 14.1. The van der Waals surface area contributed by atoms with Gasteiger partial charge in [0.05, 0.1) is 5.02 Å². The maximum Gasteiger partial charge on any atom is 0.138 e. The molecule has 0 amide bonds. The zero-order chi connectivity index (χ0) is 17.3. The second kappa shape index (κ2) is 9.26. The standard InChI is InChI=1S/C22H22ClNO/c23-21-15-20(16-24-14-13-18-7-3-1-4-8-18)11-12-22(21)25-17-19-9-5-2-6-10-19/h1-12,15,24H,13-14,16-17H2. The van der Waals surface area contributed by atoms with Gasteiger partial charge in [0.1, 0.15) is 12.4 Å². The third-order valence-electron chi connectivity index (χ3n) is 4.00. The van der Waals surface area contributed by atoms with E-state index in [0.717, 1.165) is 36.4 Å². The summed E-state index contributed by atoms with van der Waals surface area (Å²) in [5.74, 6) is 0.721. The van der Waals surface area contributed by atoms with Crippen LogP contribution in [0.4, 0.5) is 0 Å². The minimum absolute atomic E-state index is 0.523. The molecular weight excluding hydrogens is 330 g/mol. The molecule has 0 saturated carbocycles. The Morgan fingerprint density at radius 3 is 2.12 bits per heavy atom. The lowest BCUT2D eigenvalue weighted by Crippen LogP contribution is -2.16. The van der Waals surface area contributed by atoms with Crippen LogP contribution in [-0.4, -0.2) is 6.54 Å². The first kappa shape index (κ1) is 17.5. The summed E-state index contributed by atoms with van der Waals surface area (Å²) in [6, 6.07) is 26.5. The Hall–Kier alpha value is -2.29. The Morgan fingerprint density at radius 1 is 0.760 bits per heavy atom. The number of ether oxygens (including phenoxy) is 1. The minimum Gasteiger partial charge on any atom is -0.487 e. The van der Waals surface area contributed by atoms with Gasteiger partial charge in [-0.1, -0.05) is 78.3 Å². The van der Waals surface area contributed by atoms with Crippen molar-refractivity contribution in [1.82, 2.24) is 5.32 Å². The number of benzene rings is 3. The predicted octanol–water partition coefficient (Wildman–Crippen LogP) is 5.25. The van der Waals surface area contributed by atoms with Gasteiger partial charge in [-0.15, -0.1) is 0 Å². The summed E-state index contributed by atoms with van der Waals surface area (Å²) in [5.41, 5.74) is 3.63. The van der Waals surface area contributed by atoms with Gasteiger partial charge in [-0.05, 0) is 41.8 Å². The highest BCUT2D eigenvalue weighted by Crippen LogP contribution is 2.26. The van der Waals surface area contributed by atoms with Crippen LogP contribution in [0, 0.1) is 0 Å². The van der Waals surface area contributed by atoms with E-state index in [2.05, 4.69) is 35.6 Å². The summed E-state index contributed by atoms with van der Waals surface area (Å²) in [6.07, 6.45) is 1.02. The topological polar surface area (TPSA) is 21.3 Å². The van der Waals surface area contributed by atoms with Gasteiger partial charge in [0.2, 0.25) is 0 Å². The fourth-order valence-corrected chi connectivity index (χ4v) is 2.87. The van der Waals surface area contributed by atoms with Crippen LogP contribution in [0.5, 0.6) is 5.75 Å². The van der Waals surface area contributed by atoms with E-state index in [1.54, 1.807) is 0 Å². The molecule has 0 bridgehead atoms. The van der Waals surface area contributed by atoms with Crippen LogP contribution in [-0.2, 0) is 19.6 Å². The zero-order valence-corrected chi connectivity index (χ0v) is 14.9. The van der Waals surface area contributed by atoms with Crippen LogP contribution in [0.15, 0.2) is 78.9 Å². The molecule has 128 valence electrons. The van der Waals surface area contributed by atoms with E-state index < -0.39 is 0 Å². The van der Waals surface area contributed by atoms with Crippen LogP contribution < -0.4 is 10.1 Å². The molecule has 3 aromatic rings. The van der Waals surface area contributed by atoms with Gasteiger partial charge in [0.25, 0.3) is 0 Å². The van der Waals surface area contributed by atoms with Gasteiger partial charge < -0.3 is 10.1 Å². The van der Waals surface area contributed by atoms with Crippen molar-refractivity contribution < 1.29 is 4.74 Å². The minimum atomic E-state index is 0.523. The lowest BCUT2D eigenvalue weighted by Gasteiger charge is -2.10. The molecule has 0 heterocycles. The average Bonchev–Trinajstić information content (AvgIpc) is 2.66. The first-order valence-electron chi connectivity index (χ1n) is 8.51. The second-order valence-corrected chi connectivity index (χ2v) is 6.36. The molecule has 3 aromatic carbocycles. The van der Waals surface area contributed by atoms with Crippen molar-refractivity contribution in [2.75, 3.05) is 6.54 Å². The molecule has 0 aromatic heterocycles. The quantitative estimate of drug-likeness (QED) is 0.559. The lowest BCUT2D eigenvalue weighted by molar-refractivity contribution is 0.306. The van der Waals surface area contributed by atoms with E-state index in [1.165, 1.54) is 5.56 Å². The highest BCUT2D eigenvalue weighted by atomic mass is 35.5. The normalized spacial score (nSPS) is 10.6. The van der Waals surface area contributed by atoms with Gasteiger partial charge in [-0.2, -0.15) is 0 Å². The lowest BCUT2D eigenvalue weighted by atomic mass is 10.1. The molecule has 0 aliphatic carbocycles. The molecule has 25 heavy (non-hydrogen) atoms. The van der Waals surface area contributed by atoms with E-state index in [9.17, 15) is 0 Å². The van der Waals surface area contributed by atoms with E-state index in [1.807, 2.05) is 48.5 Å². The number of rotatable bonds is 8. The van der Waals surface area contributed by atoms with Crippen molar-refractivity contribution in [3.05, 3.63) is 101 Å². The summed E-state index contributed by atoms with van der Waals surface area (Å²) in [7, 11) is 0. The Kier molecular flexibility index (Phi) is 6.49. The van der Waals surface area contributed by atoms with Gasteiger partial charge in [-0.3, -0.25) is 0 Å². The first-order chi connectivity index (χ1) is 12.3. The van der Waals surface area contributed by atoms with E-state index >= 15 is 0 Å². The molecule has 0 spiro atoms. The van der Waals surface area contributed by atoms with Gasteiger partial charge in [-0.25, -0.2) is 0 Å². The number of halogens is 1. The van der Waals surface area contributed by atoms with Crippen molar-refractivity contribution in [2.45, 2.75) is 19.6 Å². The predicted molar refractivity (Wildman–Crippen MR) is 104 cm³/mol. The summed E-state index contributed by atoms with van der Waals surface area (Å²) < 4.78 is 5.81. The van der Waals surface area contributed by atoms with Crippen molar-refractivity contribution in [1.29, 1.82) is 0 Å². The highest BCUT2D eigenvalue weighted by molar-refractivity contribution is 6.32. The van der Waals surface area contributed by atoms with Crippen molar-refractivity contribution in [3.63, 3.8) is 0 Å². The fraction of sp³-hybridized carbons (Fsp3) is 0.182. The molecule has 0 atom stereocenters. The highest BCUT2D eigenvalue weighted by Gasteiger charge is 2.04. The molecule has 0 aliphatic rings. The molecular formula is C22H22ClNO. The second-order valence-electron chi connectivity index (χ2n) is 5.95. The van der Waals surface area contributed by atoms with Crippen molar-refractivity contribution in [2.24, 2.45) is 0 Å². The summed E-state index contributed by atoms with van der Waals surface area (Å²) in [4.78, 5) is 0. The van der Waals surface area contributed by atoms with Crippen LogP contribution in [0.3, 0.4) is 0 Å². The summed E-state index contributed by atoms with van der Waals surface area (Å²) in [5, 5.41) is 4.11. The molecule has 2 nitrogen and oxygen atoms in total. The van der Waals surface area contributed by atoms with E-state index in [4.69, 9.17) is 16.3 Å². The summed E-state index contributed by atoms with van der Waals surface area (Å²) >= 11 is 6.35. The maximum atomic E-state index is 6.35. The first-order valence-corrected chi connectivity index (χ1v) is 8.89. The number of hydrogen-bond donors (Lipinski definition) is 1. The van der Waals surface area contributed by atoms with Crippen molar-refractivity contribution in [3.8, 4) is 5.75 Å². The van der Waals surface area contributed by atoms with Gasteiger partial charge in [0.15, 0.2) is 0 Å². The van der Waals surface area contributed by atoms with E-state index in [-0.39, 0.29) is 0 Å². The van der Waals surface area contributed by atoms with Crippen LogP contribution in [0.1, 0.15) is 16.7 Å². The monoisotopic (exact) mass is 351 g/mol. The Morgan fingerprint density at radius 2 is 1.44 bits per heavy atom. The third-order valence-corrected chi connectivity index (χ3v) is 4.29. The van der Waals surface area contributed by atoms with Crippen LogP contribution in [0.25, 0.3) is 0 Å². The van der Waals surface area contributed by atoms with Crippen LogP contribution in [0.2, 0.25) is 5.02 Å². The summed E-state index contributed by atoms with van der Waals surface area (Å²) in [6.45, 7) is 2.26. The third kappa shape index (κ3) is 5.63. The van der Waals surface area contributed by atoms with E-state index in [0.29, 0.717) is 11.6 Å². The number of hydrogen-bond acceptors (Lipinski definition) is 2. The number of nitrogens with one attached hydrogen (secondary N) is 1. The maximum absolute atomic E-state index is 6.35. The fourth-order valence-electron chi connectivity index (χ4n) is 2.62. The van der Waals surface area contributed by atoms with Crippen LogP contribution >= 0.6 is 11.6 Å². The Bertz CT molecular complexity index is 775. The van der Waals surface area contributed by atoms with Gasteiger partial charge in [0, 0.05) is 6.54 Å². The molecule has 0 aliphatic heterocycles. The Labute approximate surface area is 154 Å².